The normalized spacial score (nSPS) is 12.8. The van der Waals surface area contributed by atoms with Crippen LogP contribution in [-0.4, -0.2) is 9.97 Å². The molecular weight excluding hydrogens is 1160 g/mol. The van der Waals surface area contributed by atoms with Gasteiger partial charge in [0.1, 0.15) is 0 Å². The van der Waals surface area contributed by atoms with Crippen LogP contribution in [0.4, 0.5) is 0 Å². The molecular formula is C78H106IrN2-2. The first-order valence-electron chi connectivity index (χ1n) is 28.6. The van der Waals surface area contributed by atoms with Gasteiger partial charge in [0.05, 0.1) is 0 Å². The van der Waals surface area contributed by atoms with Gasteiger partial charge in [-0.3, -0.25) is 0 Å². The van der Waals surface area contributed by atoms with Crippen LogP contribution >= 0.6 is 0 Å². The van der Waals surface area contributed by atoms with Crippen molar-refractivity contribution in [3.63, 3.8) is 0 Å². The first kappa shape index (κ1) is 62.1. The SMILES string of the molecule is C=C=C=C=C=C=C=CC1(CCCCCCCC)c2cc(-c3ccc(C)cn3)[c-]cc2-c2ccc(C)cc21.C=C=C=C=C=C=C=CC1(CCCCCCCC)c2cc(C)ccc2-c2ccc(C)cc21.[HH].[HH].[HH].[HH].[HH].[HH].[HH].[HH].[HH].[HH].[HH].[HH].[HH].[HH].[HH].[HH].[Ir].[c-]1ccccc1-c1ccccn1. The Morgan fingerprint density at radius 2 is 0.926 bits per heavy atom. The predicted molar refractivity (Wildman–Crippen MR) is 367 cm³/mol. The molecule has 0 fully saturated rings. The molecule has 0 spiro atoms. The number of fused-ring (bicyclic) bond motifs is 6. The number of benzene rings is 5. The monoisotopic (exact) mass is 1260 g/mol. The van der Waals surface area contributed by atoms with E-state index in [-0.39, 0.29) is 53.8 Å². The third-order valence-electron chi connectivity index (χ3n) is 15.0. The maximum Gasteiger partial charge on any atom is 0.0475 e. The van der Waals surface area contributed by atoms with E-state index in [0.717, 1.165) is 47.3 Å². The smallest absolute Gasteiger partial charge is 0.0475 e. The standard InChI is InChI=1S/C36H34N.C31H32.C11H8N.Ir.16H2/c1-5-7-9-11-13-15-23-36(24-16-14-12-10-8-6-2)33-25-28(3)17-20-31(33)32-21-19-30(26-34(32)36)35-22-18-29(4)27-37-35;1-5-7-9-11-13-15-21-31(22-16-14-12-10-8-6-2)29-23-25(3)17-19-27(29)28-20-18-26(4)24-30(28)31;1-2-6-10(7-3-1)11-8-4-5-9-12-11;;;;;;;;;;;;;;;;;/h17-18,20-23,25-27H,1,6,8,10,12,14,16,24H2,2-4H3;17-21,23-24H,1,6,8,10,12,14,16,22H2,2-4H3;1-6,8-9H;;16*1H/q-1;;-1;;;;;;;;;;;;;;;;;. The Kier molecular flexibility index (Phi) is 24.7. The van der Waals surface area contributed by atoms with E-state index >= 15 is 0 Å². The van der Waals surface area contributed by atoms with Crippen LogP contribution in [0.25, 0.3) is 44.8 Å². The zero-order valence-electron chi connectivity index (χ0n) is 48.4. The summed E-state index contributed by atoms with van der Waals surface area (Å²) >= 11 is 0. The van der Waals surface area contributed by atoms with Crippen LogP contribution in [0.2, 0.25) is 0 Å². The zero-order valence-corrected chi connectivity index (χ0v) is 50.8. The van der Waals surface area contributed by atoms with Crippen molar-refractivity contribution < 1.29 is 42.9 Å². The minimum Gasteiger partial charge on any atom is -0.305 e. The summed E-state index contributed by atoms with van der Waals surface area (Å²) in [5, 5.41) is 0. The van der Waals surface area contributed by atoms with E-state index in [2.05, 4.69) is 237 Å². The number of aryl methyl sites for hydroxylation is 4. The third-order valence-corrected chi connectivity index (χ3v) is 15.0. The fourth-order valence-corrected chi connectivity index (χ4v) is 11.0. The largest absolute Gasteiger partial charge is 0.305 e. The zero-order chi connectivity index (χ0) is 56.4. The van der Waals surface area contributed by atoms with Crippen molar-refractivity contribution in [1.29, 1.82) is 0 Å². The molecule has 0 amide bonds. The quantitative estimate of drug-likeness (QED) is 0.0486. The molecule has 1 unspecified atom stereocenters. The molecule has 9 rings (SSSR count). The molecule has 439 valence electrons. The average molecular weight is 1260 g/mol. The van der Waals surface area contributed by atoms with Crippen molar-refractivity contribution in [3.8, 4) is 44.8 Å². The van der Waals surface area contributed by atoms with E-state index in [9.17, 15) is 0 Å². The fraction of sp³-hybridized carbons (Fsp3) is 0.282. The summed E-state index contributed by atoms with van der Waals surface area (Å²) in [7, 11) is 0. The summed E-state index contributed by atoms with van der Waals surface area (Å²) in [6.45, 7) is 20.1. The summed E-state index contributed by atoms with van der Waals surface area (Å²) in [5.41, 5.74) is 53.2. The van der Waals surface area contributed by atoms with Crippen molar-refractivity contribution in [2.75, 3.05) is 0 Å². The number of hydrogen-bond acceptors (Lipinski definition) is 2. The fourth-order valence-electron chi connectivity index (χ4n) is 11.0. The molecule has 2 aromatic heterocycles. The molecule has 0 saturated heterocycles. The minimum absolute atomic E-state index is 0. The van der Waals surface area contributed by atoms with E-state index in [1.54, 1.807) is 6.20 Å². The average Bonchev–Trinajstić information content (AvgIpc) is 1.58. The first-order chi connectivity index (χ1) is 39.2. The maximum atomic E-state index is 4.69. The topological polar surface area (TPSA) is 25.8 Å². The van der Waals surface area contributed by atoms with Crippen LogP contribution < -0.4 is 0 Å². The van der Waals surface area contributed by atoms with Gasteiger partial charge in [0.15, 0.2) is 0 Å². The molecule has 0 bridgehead atoms. The summed E-state index contributed by atoms with van der Waals surface area (Å²) in [5.74, 6) is 0. The minimum atomic E-state index is -0.303. The predicted octanol–water partition coefficient (Wildman–Crippen LogP) is 24.2. The van der Waals surface area contributed by atoms with Crippen molar-refractivity contribution in [2.45, 2.75) is 142 Å². The third kappa shape index (κ3) is 16.5. The van der Waals surface area contributed by atoms with Gasteiger partial charge in [-0.1, -0.05) is 221 Å². The number of unbranched alkanes of at least 4 members (excludes halogenated alkanes) is 10. The Balaban J connectivity index is -0.000000126. The number of rotatable bonds is 18. The number of aromatic nitrogens is 2. The van der Waals surface area contributed by atoms with Gasteiger partial charge in [0.25, 0.3) is 0 Å². The van der Waals surface area contributed by atoms with Crippen molar-refractivity contribution in [2.24, 2.45) is 0 Å². The molecule has 5 aromatic carbocycles. The molecule has 0 aliphatic heterocycles. The molecule has 0 N–H and O–H groups in total. The molecule has 2 aliphatic carbocycles. The Morgan fingerprint density at radius 3 is 1.40 bits per heavy atom. The van der Waals surface area contributed by atoms with Gasteiger partial charge < -0.3 is 9.97 Å². The van der Waals surface area contributed by atoms with Crippen LogP contribution in [-0.2, 0) is 30.9 Å². The second-order valence-electron chi connectivity index (χ2n) is 20.9. The summed E-state index contributed by atoms with van der Waals surface area (Å²) in [6.07, 6.45) is 25.4. The molecule has 2 heterocycles. The Morgan fingerprint density at radius 1 is 0.457 bits per heavy atom. The van der Waals surface area contributed by atoms with Gasteiger partial charge in [0, 0.05) is 66.2 Å². The van der Waals surface area contributed by atoms with E-state index < -0.39 is 0 Å². The summed E-state index contributed by atoms with van der Waals surface area (Å²) in [4.78, 5) is 8.90. The number of hydrogen-bond donors (Lipinski definition) is 0. The van der Waals surface area contributed by atoms with E-state index in [4.69, 9.17) is 0 Å². The van der Waals surface area contributed by atoms with Crippen molar-refractivity contribution in [1.82, 2.24) is 9.97 Å². The van der Waals surface area contributed by atoms with E-state index in [0.29, 0.717) is 0 Å². The molecule has 7 aromatic rings. The number of allylic oxidation sites excluding steroid dienone is 2. The molecule has 3 heteroatoms. The van der Waals surface area contributed by atoms with Crippen LogP contribution in [0.3, 0.4) is 0 Å². The van der Waals surface area contributed by atoms with Gasteiger partial charge in [-0.05, 0) is 163 Å². The van der Waals surface area contributed by atoms with E-state index in [1.807, 2.05) is 48.7 Å². The van der Waals surface area contributed by atoms with Crippen LogP contribution in [0.15, 0.2) is 228 Å². The van der Waals surface area contributed by atoms with E-state index in [1.165, 1.54) is 132 Å². The molecule has 2 nitrogen and oxygen atoms in total. The van der Waals surface area contributed by atoms with Gasteiger partial charge in [-0.2, -0.15) is 0 Å². The van der Waals surface area contributed by atoms with Crippen LogP contribution in [0, 0.1) is 39.8 Å². The van der Waals surface area contributed by atoms with Gasteiger partial charge in [-0.25, -0.2) is 0 Å². The number of nitrogens with zero attached hydrogens (tertiary/aromatic N) is 2. The molecule has 0 saturated carbocycles. The van der Waals surface area contributed by atoms with Crippen molar-refractivity contribution in [3.05, 3.63) is 284 Å². The maximum absolute atomic E-state index is 4.69. The van der Waals surface area contributed by atoms with Crippen LogP contribution in [0.1, 0.15) is 171 Å². The van der Waals surface area contributed by atoms with Crippen molar-refractivity contribution >= 4 is 0 Å². The second kappa shape index (κ2) is 32.2. The summed E-state index contributed by atoms with van der Waals surface area (Å²) < 4.78 is 0. The Labute approximate surface area is 522 Å². The van der Waals surface area contributed by atoms with Gasteiger partial charge >= 0.3 is 0 Å². The van der Waals surface area contributed by atoms with Crippen LogP contribution in [0.5, 0.6) is 0 Å². The Hall–Kier alpha value is -8.11. The first-order valence-corrected chi connectivity index (χ1v) is 28.6. The second-order valence-corrected chi connectivity index (χ2v) is 20.9. The Bertz CT molecular complexity index is 3720. The molecule has 1 radical (unpaired) electrons. The molecule has 2 aliphatic rings. The number of pyridine rings is 2. The van der Waals surface area contributed by atoms with Gasteiger partial charge in [0.2, 0.25) is 0 Å². The summed E-state index contributed by atoms with van der Waals surface area (Å²) in [6, 6.07) is 49.5. The van der Waals surface area contributed by atoms with Gasteiger partial charge in [-0.15, -0.1) is 65.2 Å². The molecule has 1 atom stereocenters. The molecule has 81 heavy (non-hydrogen) atoms.